The number of phenolic OH excluding ortho intramolecular Hbond substituents is 1. The second-order valence-electron chi connectivity index (χ2n) is 6.54. The van der Waals surface area contributed by atoms with E-state index in [1.54, 1.807) is 12.1 Å². The maximum absolute atomic E-state index is 14.3. The number of hydrogen-bond donors (Lipinski definition) is 1. The van der Waals surface area contributed by atoms with Crippen LogP contribution in [0.3, 0.4) is 0 Å². The Morgan fingerprint density at radius 2 is 1.82 bits per heavy atom. The van der Waals surface area contributed by atoms with Gasteiger partial charge >= 0.3 is 0 Å². The first-order valence-electron chi connectivity index (χ1n) is 8.47. The van der Waals surface area contributed by atoms with E-state index >= 15 is 0 Å². The maximum atomic E-state index is 14.3. The van der Waals surface area contributed by atoms with Crippen LogP contribution in [0.2, 0.25) is 0 Å². The molecule has 3 heterocycles. The molecule has 0 bridgehead atoms. The normalized spacial score (nSPS) is 16.0. The van der Waals surface area contributed by atoms with Crippen molar-refractivity contribution in [2.75, 3.05) is 37.3 Å². The summed E-state index contributed by atoms with van der Waals surface area (Å²) in [7, 11) is -3.21. The molecular formula is C17H17F2N5O3S. The molecule has 8 nitrogen and oxygen atoms in total. The molecule has 0 atom stereocenters. The number of phenols is 1. The molecule has 148 valence electrons. The Hall–Kier alpha value is -2.79. The van der Waals surface area contributed by atoms with E-state index in [0.717, 1.165) is 6.07 Å². The number of halogens is 2. The highest BCUT2D eigenvalue weighted by Gasteiger charge is 2.24. The quantitative estimate of drug-likeness (QED) is 0.705. The van der Waals surface area contributed by atoms with Crippen molar-refractivity contribution in [2.45, 2.75) is 0 Å². The molecule has 0 amide bonds. The summed E-state index contributed by atoms with van der Waals surface area (Å²) >= 11 is 0. The van der Waals surface area contributed by atoms with E-state index in [-0.39, 0.29) is 10.9 Å². The number of piperazine rings is 1. The Labute approximate surface area is 159 Å². The largest absolute Gasteiger partial charge is 0.503 e. The van der Waals surface area contributed by atoms with Gasteiger partial charge in [0.2, 0.25) is 10.0 Å². The lowest BCUT2D eigenvalue weighted by Gasteiger charge is -2.33. The number of sulfonamides is 1. The van der Waals surface area contributed by atoms with Crippen LogP contribution in [0.5, 0.6) is 5.75 Å². The van der Waals surface area contributed by atoms with E-state index in [4.69, 9.17) is 0 Å². The summed E-state index contributed by atoms with van der Waals surface area (Å²) < 4.78 is 53.7. The fourth-order valence-corrected chi connectivity index (χ4v) is 4.07. The number of benzene rings is 1. The number of fused-ring (bicyclic) bond motifs is 1. The zero-order valence-corrected chi connectivity index (χ0v) is 15.7. The molecule has 1 aromatic carbocycles. The zero-order chi connectivity index (χ0) is 20.1. The molecule has 0 radical (unpaired) electrons. The van der Waals surface area contributed by atoms with Gasteiger partial charge in [-0.1, -0.05) is 0 Å². The van der Waals surface area contributed by atoms with Crippen LogP contribution in [0.25, 0.3) is 16.6 Å². The third-order valence-corrected chi connectivity index (χ3v) is 6.03. The molecule has 0 spiro atoms. The van der Waals surface area contributed by atoms with Crippen LogP contribution in [-0.2, 0) is 10.0 Å². The molecule has 28 heavy (non-hydrogen) atoms. The van der Waals surface area contributed by atoms with Crippen LogP contribution in [0.4, 0.5) is 14.6 Å². The van der Waals surface area contributed by atoms with E-state index in [1.807, 2.05) is 4.90 Å². The number of pyridine rings is 1. The molecule has 0 unspecified atom stereocenters. The van der Waals surface area contributed by atoms with E-state index in [2.05, 4.69) is 10.1 Å². The van der Waals surface area contributed by atoms with E-state index in [1.165, 1.54) is 27.6 Å². The lowest BCUT2D eigenvalue weighted by Crippen LogP contribution is -2.48. The number of aromatic nitrogens is 3. The predicted octanol–water partition coefficient (Wildman–Crippen LogP) is 1.49. The standard InChI is InChI=1S/C17H17F2N5O3S/c1-28(26,27)23-6-4-22(5-7-23)14-3-2-12(10-20-14)24-16-11(9-21-24)8-13(18)17(25)15(16)19/h2-3,8-10,25H,4-7H2,1H3. The minimum absolute atomic E-state index is 0.0461. The van der Waals surface area contributed by atoms with Gasteiger partial charge in [-0.15, -0.1) is 0 Å². The van der Waals surface area contributed by atoms with Crippen LogP contribution >= 0.6 is 0 Å². The molecule has 1 saturated heterocycles. The minimum Gasteiger partial charge on any atom is -0.503 e. The number of anilines is 1. The topological polar surface area (TPSA) is 91.6 Å². The third kappa shape index (κ3) is 3.16. The summed E-state index contributed by atoms with van der Waals surface area (Å²) in [6.07, 6.45) is 3.98. The molecule has 4 rings (SSSR count). The number of rotatable bonds is 3. The van der Waals surface area contributed by atoms with Gasteiger partial charge in [0.05, 0.1) is 24.3 Å². The first-order valence-corrected chi connectivity index (χ1v) is 10.3. The lowest BCUT2D eigenvalue weighted by molar-refractivity contribution is 0.387. The highest BCUT2D eigenvalue weighted by Crippen LogP contribution is 2.30. The van der Waals surface area contributed by atoms with Gasteiger partial charge < -0.3 is 10.0 Å². The van der Waals surface area contributed by atoms with Gasteiger partial charge in [0, 0.05) is 31.6 Å². The number of hydrogen-bond acceptors (Lipinski definition) is 6. The number of aromatic hydroxyl groups is 1. The fourth-order valence-electron chi connectivity index (χ4n) is 3.24. The molecule has 0 aliphatic carbocycles. The monoisotopic (exact) mass is 409 g/mol. The second-order valence-corrected chi connectivity index (χ2v) is 8.52. The van der Waals surface area contributed by atoms with Crippen molar-refractivity contribution in [1.82, 2.24) is 19.1 Å². The van der Waals surface area contributed by atoms with Gasteiger partial charge in [0.25, 0.3) is 0 Å². The molecule has 1 fully saturated rings. The van der Waals surface area contributed by atoms with Crippen molar-refractivity contribution in [2.24, 2.45) is 0 Å². The van der Waals surface area contributed by atoms with Gasteiger partial charge in [0.1, 0.15) is 11.3 Å². The van der Waals surface area contributed by atoms with Crippen LogP contribution in [0.1, 0.15) is 0 Å². The van der Waals surface area contributed by atoms with Crippen molar-refractivity contribution in [3.63, 3.8) is 0 Å². The predicted molar refractivity (Wildman–Crippen MR) is 99.1 cm³/mol. The zero-order valence-electron chi connectivity index (χ0n) is 14.9. The first-order chi connectivity index (χ1) is 13.3. The van der Waals surface area contributed by atoms with Crippen LogP contribution in [-0.4, -0.2) is 65.0 Å². The van der Waals surface area contributed by atoms with Crippen molar-refractivity contribution in [3.05, 3.63) is 42.2 Å². The highest BCUT2D eigenvalue weighted by atomic mass is 32.2. The molecule has 1 aliphatic heterocycles. The summed E-state index contributed by atoms with van der Waals surface area (Å²) in [5.74, 6) is -2.54. The van der Waals surface area contributed by atoms with Crippen molar-refractivity contribution in [1.29, 1.82) is 0 Å². The minimum atomic E-state index is -3.21. The van der Waals surface area contributed by atoms with Crippen molar-refractivity contribution in [3.8, 4) is 11.4 Å². The Morgan fingerprint density at radius 3 is 2.43 bits per heavy atom. The van der Waals surface area contributed by atoms with Crippen LogP contribution < -0.4 is 4.90 Å². The molecular weight excluding hydrogens is 392 g/mol. The van der Waals surface area contributed by atoms with E-state index < -0.39 is 27.4 Å². The molecule has 2 aromatic heterocycles. The van der Waals surface area contributed by atoms with E-state index in [9.17, 15) is 22.3 Å². The fraction of sp³-hybridized carbons (Fsp3) is 0.294. The van der Waals surface area contributed by atoms with Gasteiger partial charge in [0.15, 0.2) is 17.4 Å². The lowest BCUT2D eigenvalue weighted by atomic mass is 10.2. The smallest absolute Gasteiger partial charge is 0.211 e. The molecule has 1 aliphatic rings. The van der Waals surface area contributed by atoms with Gasteiger partial charge in [-0.25, -0.2) is 26.9 Å². The van der Waals surface area contributed by atoms with E-state index in [0.29, 0.717) is 37.7 Å². The number of nitrogens with zero attached hydrogens (tertiary/aromatic N) is 5. The molecule has 11 heteroatoms. The third-order valence-electron chi connectivity index (χ3n) is 4.73. The van der Waals surface area contributed by atoms with Crippen molar-refractivity contribution >= 4 is 26.7 Å². The summed E-state index contributed by atoms with van der Waals surface area (Å²) in [6, 6.07) is 4.41. The maximum Gasteiger partial charge on any atom is 0.211 e. The summed E-state index contributed by atoms with van der Waals surface area (Å²) in [5, 5.41) is 13.8. The molecule has 1 N–H and O–H groups in total. The average molecular weight is 409 g/mol. The second kappa shape index (κ2) is 6.67. The van der Waals surface area contributed by atoms with Gasteiger partial charge in [-0.05, 0) is 18.2 Å². The SMILES string of the molecule is CS(=O)(=O)N1CCN(c2ccc(-n3ncc4cc(F)c(O)c(F)c43)cn2)CC1. The molecule has 3 aromatic rings. The first kappa shape index (κ1) is 18.6. The molecule has 0 saturated carbocycles. The Morgan fingerprint density at radius 1 is 1.11 bits per heavy atom. The van der Waals surface area contributed by atoms with Crippen LogP contribution in [0, 0.1) is 11.6 Å². The highest BCUT2D eigenvalue weighted by molar-refractivity contribution is 7.88. The van der Waals surface area contributed by atoms with Gasteiger partial charge in [-0.2, -0.15) is 9.40 Å². The summed E-state index contributed by atoms with van der Waals surface area (Å²) in [4.78, 5) is 6.31. The Balaban J connectivity index is 1.60. The average Bonchev–Trinajstić information content (AvgIpc) is 3.09. The van der Waals surface area contributed by atoms with Crippen LogP contribution in [0.15, 0.2) is 30.6 Å². The summed E-state index contributed by atoms with van der Waals surface area (Å²) in [5.41, 5.74) is 0.397. The van der Waals surface area contributed by atoms with Crippen molar-refractivity contribution < 1.29 is 22.3 Å². The van der Waals surface area contributed by atoms with Gasteiger partial charge in [-0.3, -0.25) is 0 Å². The summed E-state index contributed by atoms with van der Waals surface area (Å²) in [6.45, 7) is 1.77. The Kier molecular flexibility index (Phi) is 4.42. The Bertz CT molecular complexity index is 1140.